The van der Waals surface area contributed by atoms with Gasteiger partial charge in [-0.25, -0.2) is 4.98 Å². The van der Waals surface area contributed by atoms with E-state index in [-0.39, 0.29) is 11.4 Å². The fourth-order valence-corrected chi connectivity index (χ4v) is 4.17. The van der Waals surface area contributed by atoms with E-state index < -0.39 is 0 Å². The van der Waals surface area contributed by atoms with Gasteiger partial charge in [0.2, 0.25) is 5.89 Å². The Morgan fingerprint density at radius 2 is 2.12 bits per heavy atom. The lowest BCUT2D eigenvalue weighted by Gasteiger charge is -2.23. The zero-order valence-corrected chi connectivity index (χ0v) is 14.3. The number of nitrogens with two attached hydrogens (primary N) is 1. The van der Waals surface area contributed by atoms with Crippen LogP contribution in [0.3, 0.4) is 0 Å². The summed E-state index contributed by atoms with van der Waals surface area (Å²) >= 11 is 0. The van der Waals surface area contributed by atoms with Crippen molar-refractivity contribution in [3.05, 3.63) is 54.4 Å². The summed E-state index contributed by atoms with van der Waals surface area (Å²) in [6, 6.07) is 10.4. The summed E-state index contributed by atoms with van der Waals surface area (Å²) in [7, 11) is 0. The Bertz CT molecular complexity index is 907. The molecule has 0 aliphatic carbocycles. The van der Waals surface area contributed by atoms with E-state index in [0.29, 0.717) is 25.0 Å². The normalized spacial score (nSPS) is 25.6. The summed E-state index contributed by atoms with van der Waals surface area (Å²) < 4.78 is 13.4. The van der Waals surface area contributed by atoms with Gasteiger partial charge < -0.3 is 19.5 Å². The van der Waals surface area contributed by atoms with Gasteiger partial charge in [-0.1, -0.05) is 23.3 Å². The topological polar surface area (TPSA) is 95.2 Å². The molecule has 8 heteroatoms. The van der Waals surface area contributed by atoms with Crippen molar-refractivity contribution in [3.8, 4) is 5.69 Å². The summed E-state index contributed by atoms with van der Waals surface area (Å²) in [6.07, 6.45) is 3.84. The Morgan fingerprint density at radius 1 is 1.23 bits per heavy atom. The number of para-hydroxylation sites is 1. The largest absolute Gasteiger partial charge is 0.408 e. The molecule has 2 aromatic heterocycles. The van der Waals surface area contributed by atoms with Crippen molar-refractivity contribution in [2.75, 3.05) is 32.0 Å². The van der Waals surface area contributed by atoms with E-state index in [2.05, 4.69) is 36.8 Å². The van der Waals surface area contributed by atoms with Crippen LogP contribution < -0.4 is 5.73 Å². The molecule has 2 saturated heterocycles. The average molecular weight is 352 g/mol. The molecule has 0 radical (unpaired) electrons. The Hall–Kier alpha value is -2.71. The second-order valence-electron chi connectivity index (χ2n) is 7.03. The van der Waals surface area contributed by atoms with Gasteiger partial charge in [-0.2, -0.15) is 0 Å². The number of nitrogen functional groups attached to an aromatic ring is 1. The van der Waals surface area contributed by atoms with Crippen LogP contribution in [0.5, 0.6) is 0 Å². The van der Waals surface area contributed by atoms with Gasteiger partial charge in [0, 0.05) is 37.1 Å². The van der Waals surface area contributed by atoms with Gasteiger partial charge in [0.1, 0.15) is 5.82 Å². The molecule has 2 aliphatic heterocycles. The highest BCUT2D eigenvalue weighted by Crippen LogP contribution is 2.43. The quantitative estimate of drug-likeness (QED) is 0.755. The summed E-state index contributed by atoms with van der Waals surface area (Å²) in [5, 5.41) is 8.00. The SMILES string of the molecule is Nc1nnc([C@@]23COC[C@@H]2CN(Cc2nccn2-c2ccccc2)C3)o1. The molecule has 0 unspecified atom stereocenters. The third kappa shape index (κ3) is 2.41. The maximum absolute atomic E-state index is 5.74. The first-order valence-electron chi connectivity index (χ1n) is 8.72. The van der Waals surface area contributed by atoms with Crippen molar-refractivity contribution in [1.29, 1.82) is 0 Å². The molecule has 2 aliphatic rings. The lowest BCUT2D eigenvalue weighted by molar-refractivity contribution is 0.139. The maximum atomic E-state index is 5.74. The van der Waals surface area contributed by atoms with Crippen LogP contribution in [0.15, 0.2) is 47.1 Å². The zero-order valence-electron chi connectivity index (χ0n) is 14.3. The standard InChI is InChI=1S/C18H20N6O2/c19-17-22-21-16(26-17)18-11-23(8-13(18)10-25-12-18)9-15-20-6-7-24(15)14-4-2-1-3-5-14/h1-7,13H,8-12H2,(H2,19,22)/t13-,18-/m0/s1. The van der Waals surface area contributed by atoms with E-state index in [1.54, 1.807) is 0 Å². The molecule has 134 valence electrons. The molecule has 8 nitrogen and oxygen atoms in total. The predicted octanol–water partition coefficient (Wildman–Crippen LogP) is 1.24. The van der Waals surface area contributed by atoms with Crippen molar-refractivity contribution in [1.82, 2.24) is 24.6 Å². The minimum Gasteiger partial charge on any atom is -0.408 e. The Balaban J connectivity index is 1.40. The van der Waals surface area contributed by atoms with Gasteiger partial charge in [0.05, 0.1) is 25.2 Å². The third-order valence-corrected chi connectivity index (χ3v) is 5.43. The summed E-state index contributed by atoms with van der Waals surface area (Å²) in [5.41, 5.74) is 6.49. The number of rotatable bonds is 4. The van der Waals surface area contributed by atoms with E-state index in [0.717, 1.165) is 31.1 Å². The molecule has 1 aromatic carbocycles. The Labute approximate surface area is 150 Å². The lowest BCUT2D eigenvalue weighted by atomic mass is 9.81. The maximum Gasteiger partial charge on any atom is 0.312 e. The molecule has 0 saturated carbocycles. The molecule has 0 amide bonds. The number of anilines is 1. The monoisotopic (exact) mass is 352 g/mol. The fourth-order valence-electron chi connectivity index (χ4n) is 4.17. The van der Waals surface area contributed by atoms with E-state index in [1.165, 1.54) is 0 Å². The van der Waals surface area contributed by atoms with Gasteiger partial charge in [-0.05, 0) is 12.1 Å². The molecular formula is C18H20N6O2. The van der Waals surface area contributed by atoms with Gasteiger partial charge in [0.25, 0.3) is 0 Å². The smallest absolute Gasteiger partial charge is 0.312 e. The van der Waals surface area contributed by atoms with Crippen LogP contribution in [-0.2, 0) is 16.7 Å². The van der Waals surface area contributed by atoms with Crippen molar-refractivity contribution in [3.63, 3.8) is 0 Å². The second kappa shape index (κ2) is 5.93. The summed E-state index contributed by atoms with van der Waals surface area (Å²) in [4.78, 5) is 6.95. The minimum absolute atomic E-state index is 0.109. The van der Waals surface area contributed by atoms with E-state index >= 15 is 0 Å². The van der Waals surface area contributed by atoms with Crippen LogP contribution in [0.25, 0.3) is 5.69 Å². The number of aromatic nitrogens is 4. The van der Waals surface area contributed by atoms with Gasteiger partial charge >= 0.3 is 6.01 Å². The number of nitrogens with zero attached hydrogens (tertiary/aromatic N) is 5. The lowest BCUT2D eigenvalue weighted by Crippen LogP contribution is -2.36. The van der Waals surface area contributed by atoms with Crippen LogP contribution in [0.4, 0.5) is 6.01 Å². The highest BCUT2D eigenvalue weighted by atomic mass is 16.5. The van der Waals surface area contributed by atoms with Crippen molar-refractivity contribution < 1.29 is 9.15 Å². The molecule has 0 spiro atoms. The molecular weight excluding hydrogens is 332 g/mol. The van der Waals surface area contributed by atoms with E-state index in [4.69, 9.17) is 14.9 Å². The predicted molar refractivity (Wildman–Crippen MR) is 93.5 cm³/mol. The van der Waals surface area contributed by atoms with Crippen molar-refractivity contribution in [2.24, 2.45) is 5.92 Å². The van der Waals surface area contributed by atoms with Crippen LogP contribution >= 0.6 is 0 Å². The molecule has 0 bridgehead atoms. The molecule has 4 heterocycles. The van der Waals surface area contributed by atoms with Crippen molar-refractivity contribution in [2.45, 2.75) is 12.0 Å². The molecule has 2 fully saturated rings. The van der Waals surface area contributed by atoms with Crippen LogP contribution in [-0.4, -0.2) is 51.0 Å². The van der Waals surface area contributed by atoms with Gasteiger partial charge in [0.15, 0.2) is 0 Å². The van der Waals surface area contributed by atoms with E-state index in [1.807, 2.05) is 30.6 Å². The molecule has 2 N–H and O–H groups in total. The van der Waals surface area contributed by atoms with Crippen molar-refractivity contribution >= 4 is 6.01 Å². The molecule has 2 atom stereocenters. The van der Waals surface area contributed by atoms with Gasteiger partial charge in [-0.3, -0.25) is 4.90 Å². The first kappa shape index (κ1) is 15.5. The van der Waals surface area contributed by atoms with Crippen LogP contribution in [0, 0.1) is 5.92 Å². The second-order valence-corrected chi connectivity index (χ2v) is 7.03. The molecule has 26 heavy (non-hydrogen) atoms. The number of fused-ring (bicyclic) bond motifs is 1. The van der Waals surface area contributed by atoms with Gasteiger partial charge in [-0.15, -0.1) is 5.10 Å². The minimum atomic E-state index is -0.269. The number of hydrogen-bond donors (Lipinski definition) is 1. The summed E-state index contributed by atoms with van der Waals surface area (Å²) in [5.74, 6) is 1.92. The number of imidazole rings is 1. The highest BCUT2D eigenvalue weighted by molar-refractivity contribution is 5.33. The number of hydrogen-bond acceptors (Lipinski definition) is 7. The Morgan fingerprint density at radius 3 is 2.92 bits per heavy atom. The average Bonchev–Trinajstić information content (AvgIpc) is 3.39. The zero-order chi connectivity index (χ0) is 17.6. The first-order valence-corrected chi connectivity index (χ1v) is 8.72. The van der Waals surface area contributed by atoms with Crippen LogP contribution in [0.2, 0.25) is 0 Å². The first-order chi connectivity index (χ1) is 12.7. The third-order valence-electron chi connectivity index (χ3n) is 5.43. The van der Waals surface area contributed by atoms with Crippen LogP contribution in [0.1, 0.15) is 11.7 Å². The highest BCUT2D eigenvalue weighted by Gasteiger charge is 2.55. The molecule has 3 aromatic rings. The fraction of sp³-hybridized carbons (Fsp3) is 0.389. The summed E-state index contributed by atoms with van der Waals surface area (Å²) in [6.45, 7) is 3.74. The van der Waals surface area contributed by atoms with E-state index in [9.17, 15) is 0 Å². The number of benzene rings is 1. The Kier molecular flexibility index (Phi) is 3.54. The molecule has 5 rings (SSSR count). The number of ether oxygens (including phenoxy) is 1. The number of likely N-dealkylation sites (tertiary alicyclic amines) is 1.